The van der Waals surface area contributed by atoms with Gasteiger partial charge in [-0.05, 0) is 62.4 Å². The van der Waals surface area contributed by atoms with Gasteiger partial charge in [0.15, 0.2) is 0 Å². The molecule has 22 heavy (non-hydrogen) atoms. The molecule has 3 nitrogen and oxygen atoms in total. The number of hydrogen-bond donors (Lipinski definition) is 1. The fourth-order valence-electron chi connectivity index (χ4n) is 3.70. The van der Waals surface area contributed by atoms with Crippen LogP contribution in [0.2, 0.25) is 0 Å². The van der Waals surface area contributed by atoms with Gasteiger partial charge in [0.2, 0.25) is 5.91 Å². The molecule has 122 valence electrons. The fourth-order valence-corrected chi connectivity index (χ4v) is 3.70. The minimum atomic E-state index is -0.250. The second kappa shape index (κ2) is 7.93. The summed E-state index contributed by atoms with van der Waals surface area (Å²) in [6.07, 6.45) is 4.99. The van der Waals surface area contributed by atoms with E-state index in [0.29, 0.717) is 18.4 Å². The largest absolute Gasteiger partial charge is 0.339 e. The van der Waals surface area contributed by atoms with Crippen LogP contribution in [0.15, 0.2) is 24.3 Å². The van der Waals surface area contributed by atoms with Gasteiger partial charge in [-0.3, -0.25) is 4.79 Å². The van der Waals surface area contributed by atoms with Gasteiger partial charge in [0.05, 0.1) is 6.42 Å². The van der Waals surface area contributed by atoms with Crippen LogP contribution in [-0.4, -0.2) is 36.5 Å². The summed E-state index contributed by atoms with van der Waals surface area (Å²) in [5.41, 5.74) is 0.900. The van der Waals surface area contributed by atoms with Gasteiger partial charge in [0, 0.05) is 12.6 Å². The average Bonchev–Trinajstić information content (AvgIpc) is 3.00. The zero-order valence-electron chi connectivity index (χ0n) is 12.8. The monoisotopic (exact) mass is 326 g/mol. The average molecular weight is 327 g/mol. The first-order valence-corrected chi connectivity index (χ1v) is 7.98. The summed E-state index contributed by atoms with van der Waals surface area (Å²) >= 11 is 0. The Kier molecular flexibility index (Phi) is 6.21. The van der Waals surface area contributed by atoms with Crippen molar-refractivity contribution in [1.82, 2.24) is 10.2 Å². The summed E-state index contributed by atoms with van der Waals surface area (Å²) in [6.45, 7) is 3.02. The van der Waals surface area contributed by atoms with Gasteiger partial charge < -0.3 is 10.2 Å². The molecule has 0 aliphatic carbocycles. The number of carbonyl (C=O) groups excluding carboxylic acids is 1. The second-order valence-corrected chi connectivity index (χ2v) is 6.19. The molecule has 5 heteroatoms. The first-order chi connectivity index (χ1) is 10.2. The topological polar surface area (TPSA) is 32.3 Å². The van der Waals surface area contributed by atoms with Crippen LogP contribution in [0.4, 0.5) is 4.39 Å². The Bertz CT molecular complexity index is 488. The van der Waals surface area contributed by atoms with E-state index in [1.807, 2.05) is 0 Å². The van der Waals surface area contributed by atoms with Crippen LogP contribution in [0.1, 0.15) is 31.2 Å². The summed E-state index contributed by atoms with van der Waals surface area (Å²) in [5, 5.41) is 3.39. The Labute approximate surface area is 137 Å². The zero-order chi connectivity index (χ0) is 14.7. The molecule has 1 aromatic carbocycles. The first-order valence-electron chi connectivity index (χ1n) is 7.98. The predicted octanol–water partition coefficient (Wildman–Crippen LogP) is 2.78. The third kappa shape index (κ3) is 3.99. The fraction of sp³-hybridized carbons (Fsp3) is 0.588. The van der Waals surface area contributed by atoms with E-state index in [2.05, 4.69) is 10.2 Å². The van der Waals surface area contributed by atoms with E-state index >= 15 is 0 Å². The van der Waals surface area contributed by atoms with Gasteiger partial charge in [0.25, 0.3) is 0 Å². The molecule has 2 fully saturated rings. The molecule has 0 spiro atoms. The van der Waals surface area contributed by atoms with Crippen LogP contribution >= 0.6 is 12.4 Å². The maximum Gasteiger partial charge on any atom is 0.227 e. The Morgan fingerprint density at radius 1 is 1.18 bits per heavy atom. The van der Waals surface area contributed by atoms with Crippen molar-refractivity contribution in [1.29, 1.82) is 0 Å². The minimum absolute atomic E-state index is 0. The Balaban J connectivity index is 0.00000176. The van der Waals surface area contributed by atoms with Crippen LogP contribution in [-0.2, 0) is 11.2 Å². The highest BCUT2D eigenvalue weighted by molar-refractivity contribution is 5.85. The number of nitrogens with zero attached hydrogens (tertiary/aromatic N) is 1. The van der Waals surface area contributed by atoms with Gasteiger partial charge in [-0.1, -0.05) is 12.1 Å². The number of amides is 1. The van der Waals surface area contributed by atoms with Crippen LogP contribution in [0.25, 0.3) is 0 Å². The molecule has 3 rings (SSSR count). The van der Waals surface area contributed by atoms with E-state index in [4.69, 9.17) is 0 Å². The summed E-state index contributed by atoms with van der Waals surface area (Å²) in [7, 11) is 0. The highest BCUT2D eigenvalue weighted by atomic mass is 35.5. The van der Waals surface area contributed by atoms with Gasteiger partial charge in [-0.15, -0.1) is 12.4 Å². The first kappa shape index (κ1) is 17.2. The molecule has 2 heterocycles. The van der Waals surface area contributed by atoms with Crippen molar-refractivity contribution >= 4 is 18.3 Å². The number of halogens is 2. The number of nitrogens with one attached hydrogen (secondary N) is 1. The Hall–Kier alpha value is -1.13. The zero-order valence-corrected chi connectivity index (χ0v) is 13.6. The van der Waals surface area contributed by atoms with Crippen molar-refractivity contribution in [3.05, 3.63) is 35.6 Å². The number of benzene rings is 1. The molecule has 1 amide bonds. The number of carbonyl (C=O) groups is 1. The lowest BCUT2D eigenvalue weighted by Crippen LogP contribution is -2.44. The molecular formula is C17H24ClFN2O. The molecular weight excluding hydrogens is 303 g/mol. The predicted molar refractivity (Wildman–Crippen MR) is 87.7 cm³/mol. The lowest BCUT2D eigenvalue weighted by atomic mass is 9.88. The van der Waals surface area contributed by atoms with Crippen LogP contribution in [0.5, 0.6) is 0 Å². The molecule has 2 aliphatic rings. The number of rotatable bonds is 3. The van der Waals surface area contributed by atoms with E-state index in [-0.39, 0.29) is 24.1 Å². The third-order valence-corrected chi connectivity index (χ3v) is 4.82. The molecule has 1 aromatic rings. The molecule has 0 radical (unpaired) electrons. The SMILES string of the molecule is Cl.O=C(Cc1ccc(F)cc1)N1CCCC1C1CCNCC1. The second-order valence-electron chi connectivity index (χ2n) is 6.19. The quantitative estimate of drug-likeness (QED) is 0.926. The number of hydrogen-bond acceptors (Lipinski definition) is 2. The van der Waals surface area contributed by atoms with E-state index < -0.39 is 0 Å². The third-order valence-electron chi connectivity index (χ3n) is 4.82. The molecule has 0 saturated carbocycles. The van der Waals surface area contributed by atoms with Crippen LogP contribution < -0.4 is 5.32 Å². The summed E-state index contributed by atoms with van der Waals surface area (Å²) in [5.74, 6) is 0.591. The van der Waals surface area contributed by atoms with Gasteiger partial charge >= 0.3 is 0 Å². The lowest BCUT2D eigenvalue weighted by molar-refractivity contribution is -0.132. The molecule has 2 saturated heterocycles. The lowest BCUT2D eigenvalue weighted by Gasteiger charge is -2.34. The minimum Gasteiger partial charge on any atom is -0.339 e. The molecule has 0 aromatic heterocycles. The maximum absolute atomic E-state index is 12.9. The van der Waals surface area contributed by atoms with E-state index in [1.165, 1.54) is 25.0 Å². The molecule has 1 unspecified atom stereocenters. The van der Waals surface area contributed by atoms with Gasteiger partial charge in [-0.25, -0.2) is 4.39 Å². The van der Waals surface area contributed by atoms with Crippen molar-refractivity contribution in [2.24, 2.45) is 5.92 Å². The summed E-state index contributed by atoms with van der Waals surface area (Å²) < 4.78 is 12.9. The van der Waals surface area contributed by atoms with Crippen molar-refractivity contribution in [3.8, 4) is 0 Å². The van der Waals surface area contributed by atoms with Gasteiger partial charge in [-0.2, -0.15) is 0 Å². The van der Waals surface area contributed by atoms with E-state index in [0.717, 1.165) is 38.0 Å². The molecule has 0 bridgehead atoms. The Morgan fingerprint density at radius 2 is 1.86 bits per heavy atom. The summed E-state index contributed by atoms with van der Waals surface area (Å²) in [4.78, 5) is 14.7. The highest BCUT2D eigenvalue weighted by Crippen LogP contribution is 2.30. The van der Waals surface area contributed by atoms with Crippen LogP contribution in [0, 0.1) is 11.7 Å². The Morgan fingerprint density at radius 3 is 2.55 bits per heavy atom. The van der Waals surface area contributed by atoms with Crippen molar-refractivity contribution in [2.45, 2.75) is 38.1 Å². The summed E-state index contributed by atoms with van der Waals surface area (Å²) in [6, 6.07) is 6.69. The number of likely N-dealkylation sites (tertiary alicyclic amines) is 1. The highest BCUT2D eigenvalue weighted by Gasteiger charge is 2.34. The number of piperidine rings is 1. The van der Waals surface area contributed by atoms with Crippen molar-refractivity contribution in [2.75, 3.05) is 19.6 Å². The normalized spacial score (nSPS) is 22.4. The smallest absolute Gasteiger partial charge is 0.227 e. The molecule has 1 atom stereocenters. The molecule has 2 aliphatic heterocycles. The van der Waals surface area contributed by atoms with E-state index in [1.54, 1.807) is 12.1 Å². The van der Waals surface area contributed by atoms with E-state index in [9.17, 15) is 9.18 Å². The maximum atomic E-state index is 12.9. The van der Waals surface area contributed by atoms with Crippen molar-refractivity contribution < 1.29 is 9.18 Å². The van der Waals surface area contributed by atoms with Gasteiger partial charge in [0.1, 0.15) is 5.82 Å². The molecule has 1 N–H and O–H groups in total. The van der Waals surface area contributed by atoms with Crippen LogP contribution in [0.3, 0.4) is 0 Å². The standard InChI is InChI=1S/C17H23FN2O.ClH/c18-15-5-3-13(4-6-15)12-17(21)20-11-1-2-16(20)14-7-9-19-10-8-14;/h3-6,14,16,19H,1-2,7-12H2;1H. The van der Waals surface area contributed by atoms with Crippen molar-refractivity contribution in [3.63, 3.8) is 0 Å².